The van der Waals surface area contributed by atoms with E-state index in [-0.39, 0.29) is 0 Å². The van der Waals surface area contributed by atoms with E-state index in [4.69, 9.17) is 14.2 Å². The molecule has 2 aromatic carbocycles. The Morgan fingerprint density at radius 3 is 2.35 bits per heavy atom. The Bertz CT molecular complexity index is 1000. The van der Waals surface area contributed by atoms with Crippen molar-refractivity contribution >= 4 is 22.7 Å². The first kappa shape index (κ1) is 17.4. The lowest BCUT2D eigenvalue weighted by atomic mass is 10.1. The number of aryl methyl sites for hydroxylation is 1. The van der Waals surface area contributed by atoms with Crippen LogP contribution in [0.15, 0.2) is 30.3 Å². The Kier molecular flexibility index (Phi) is 4.81. The molecular weight excluding hydrogens is 330 g/mol. The van der Waals surface area contributed by atoms with E-state index < -0.39 is 0 Å². The number of aromatic amines is 1. The number of benzene rings is 2. The summed E-state index contributed by atoms with van der Waals surface area (Å²) in [7, 11) is 4.68. The van der Waals surface area contributed by atoms with Crippen molar-refractivity contribution in [1.29, 1.82) is 5.26 Å². The predicted molar refractivity (Wildman–Crippen MR) is 100 cm³/mol. The summed E-state index contributed by atoms with van der Waals surface area (Å²) in [5, 5.41) is 9.66. The monoisotopic (exact) mass is 349 g/mol. The summed E-state index contributed by atoms with van der Waals surface area (Å²) in [5.74, 6) is 2.18. The number of ether oxygens (including phenoxy) is 3. The second-order valence-corrected chi connectivity index (χ2v) is 5.72. The normalized spacial score (nSPS) is 11.3. The molecule has 6 heteroatoms. The SMILES string of the molecule is COc1cc(OC)c(/C=C(/C#N)c2nc3ccc(C)cc3[nH]2)c(OC)c1. The zero-order chi connectivity index (χ0) is 18.7. The number of aromatic nitrogens is 2. The maximum absolute atomic E-state index is 9.66. The number of rotatable bonds is 5. The van der Waals surface area contributed by atoms with Crippen LogP contribution in [0.1, 0.15) is 17.0 Å². The molecule has 26 heavy (non-hydrogen) atoms. The average molecular weight is 349 g/mol. The highest BCUT2D eigenvalue weighted by molar-refractivity contribution is 5.92. The van der Waals surface area contributed by atoms with E-state index in [0.29, 0.717) is 34.2 Å². The summed E-state index contributed by atoms with van der Waals surface area (Å²) >= 11 is 0. The Balaban J connectivity index is 2.15. The van der Waals surface area contributed by atoms with Gasteiger partial charge in [0.15, 0.2) is 0 Å². The summed E-state index contributed by atoms with van der Waals surface area (Å²) in [4.78, 5) is 7.71. The van der Waals surface area contributed by atoms with Gasteiger partial charge in [0.05, 0.1) is 43.5 Å². The van der Waals surface area contributed by atoms with E-state index in [1.54, 1.807) is 39.5 Å². The number of H-pyrrole nitrogens is 1. The van der Waals surface area contributed by atoms with Crippen molar-refractivity contribution in [2.24, 2.45) is 0 Å². The van der Waals surface area contributed by atoms with Gasteiger partial charge in [0.1, 0.15) is 29.1 Å². The van der Waals surface area contributed by atoms with Crippen molar-refractivity contribution in [2.45, 2.75) is 6.92 Å². The molecule has 0 radical (unpaired) electrons. The Hall–Kier alpha value is -3.46. The summed E-state index contributed by atoms with van der Waals surface area (Å²) in [6.45, 7) is 2.01. The molecule has 0 unspecified atom stereocenters. The predicted octanol–water partition coefficient (Wildman–Crippen LogP) is 3.96. The standard InChI is InChI=1S/C20H19N3O3/c1-12-5-6-16-17(7-12)23-20(22-16)13(11-21)8-15-18(25-3)9-14(24-2)10-19(15)26-4/h5-10H,1-4H3,(H,22,23)/b13-8-. The highest BCUT2D eigenvalue weighted by Gasteiger charge is 2.15. The van der Waals surface area contributed by atoms with Gasteiger partial charge in [0.25, 0.3) is 0 Å². The number of fused-ring (bicyclic) bond motifs is 1. The maximum atomic E-state index is 9.66. The van der Waals surface area contributed by atoms with E-state index in [1.807, 2.05) is 25.1 Å². The molecule has 6 nitrogen and oxygen atoms in total. The lowest BCUT2D eigenvalue weighted by Crippen LogP contribution is -1.96. The highest BCUT2D eigenvalue weighted by atomic mass is 16.5. The Morgan fingerprint density at radius 1 is 1.08 bits per heavy atom. The molecule has 3 rings (SSSR count). The molecule has 0 saturated carbocycles. The van der Waals surface area contributed by atoms with Crippen LogP contribution in [0.4, 0.5) is 0 Å². The third-order valence-corrected chi connectivity index (χ3v) is 4.05. The zero-order valence-electron chi connectivity index (χ0n) is 15.1. The van der Waals surface area contributed by atoms with Crippen LogP contribution in [0, 0.1) is 18.3 Å². The molecule has 0 aliphatic carbocycles. The van der Waals surface area contributed by atoms with Gasteiger partial charge in [0.2, 0.25) is 0 Å². The molecule has 1 N–H and O–H groups in total. The molecule has 1 aromatic heterocycles. The van der Waals surface area contributed by atoms with Gasteiger partial charge in [-0.05, 0) is 30.7 Å². The minimum Gasteiger partial charge on any atom is -0.496 e. The molecule has 0 aliphatic heterocycles. The van der Waals surface area contributed by atoms with Crippen molar-refractivity contribution < 1.29 is 14.2 Å². The van der Waals surface area contributed by atoms with E-state index in [9.17, 15) is 5.26 Å². The fourth-order valence-corrected chi connectivity index (χ4v) is 2.72. The second-order valence-electron chi connectivity index (χ2n) is 5.72. The van der Waals surface area contributed by atoms with Gasteiger partial charge in [-0.25, -0.2) is 4.98 Å². The number of hydrogen-bond acceptors (Lipinski definition) is 5. The number of methoxy groups -OCH3 is 3. The Labute approximate surface area is 151 Å². The molecule has 0 atom stereocenters. The molecular formula is C20H19N3O3. The number of imidazole rings is 1. The minimum absolute atomic E-state index is 0.376. The highest BCUT2D eigenvalue weighted by Crippen LogP contribution is 2.36. The van der Waals surface area contributed by atoms with Crippen molar-refractivity contribution in [2.75, 3.05) is 21.3 Å². The first-order valence-electron chi connectivity index (χ1n) is 7.98. The van der Waals surface area contributed by atoms with Crippen LogP contribution in [0.2, 0.25) is 0 Å². The van der Waals surface area contributed by atoms with Gasteiger partial charge in [-0.3, -0.25) is 0 Å². The number of hydrogen-bond donors (Lipinski definition) is 1. The van der Waals surface area contributed by atoms with Gasteiger partial charge >= 0.3 is 0 Å². The number of allylic oxidation sites excluding steroid dienone is 1. The summed E-state index contributed by atoms with van der Waals surface area (Å²) in [5.41, 5.74) is 3.83. The molecule has 0 bridgehead atoms. The fourth-order valence-electron chi connectivity index (χ4n) is 2.72. The number of nitriles is 1. The van der Waals surface area contributed by atoms with Gasteiger partial charge in [-0.2, -0.15) is 5.26 Å². The van der Waals surface area contributed by atoms with E-state index in [0.717, 1.165) is 16.6 Å². The molecule has 0 fully saturated rings. The van der Waals surface area contributed by atoms with Crippen molar-refractivity contribution in [3.63, 3.8) is 0 Å². The number of nitrogens with zero attached hydrogens (tertiary/aromatic N) is 2. The minimum atomic E-state index is 0.376. The maximum Gasteiger partial charge on any atom is 0.149 e. The fraction of sp³-hybridized carbons (Fsp3) is 0.200. The molecule has 0 amide bonds. The van der Waals surface area contributed by atoms with E-state index in [1.165, 1.54) is 0 Å². The van der Waals surface area contributed by atoms with Crippen molar-refractivity contribution in [3.05, 3.63) is 47.3 Å². The quantitative estimate of drug-likeness (QED) is 0.705. The zero-order valence-corrected chi connectivity index (χ0v) is 15.1. The van der Waals surface area contributed by atoms with E-state index in [2.05, 4.69) is 16.0 Å². The smallest absolute Gasteiger partial charge is 0.149 e. The second kappa shape index (κ2) is 7.19. The first-order chi connectivity index (χ1) is 12.6. The van der Waals surface area contributed by atoms with Gasteiger partial charge in [-0.1, -0.05) is 6.07 Å². The van der Waals surface area contributed by atoms with Crippen molar-refractivity contribution in [1.82, 2.24) is 9.97 Å². The largest absolute Gasteiger partial charge is 0.496 e. The van der Waals surface area contributed by atoms with Gasteiger partial charge in [0, 0.05) is 12.1 Å². The van der Waals surface area contributed by atoms with E-state index >= 15 is 0 Å². The molecule has 0 saturated heterocycles. The molecule has 0 aliphatic rings. The first-order valence-corrected chi connectivity index (χ1v) is 7.98. The van der Waals surface area contributed by atoms with Crippen LogP contribution in [0.5, 0.6) is 17.2 Å². The average Bonchev–Trinajstić information content (AvgIpc) is 3.08. The van der Waals surface area contributed by atoms with Crippen LogP contribution in [0.25, 0.3) is 22.7 Å². The lowest BCUT2D eigenvalue weighted by molar-refractivity contribution is 0.374. The summed E-state index contributed by atoms with van der Waals surface area (Å²) < 4.78 is 16.1. The Morgan fingerprint density at radius 2 is 1.77 bits per heavy atom. The summed E-state index contributed by atoms with van der Waals surface area (Å²) in [6.07, 6.45) is 1.70. The molecule has 132 valence electrons. The summed E-state index contributed by atoms with van der Waals surface area (Å²) in [6, 6.07) is 11.6. The van der Waals surface area contributed by atoms with Crippen LogP contribution in [-0.4, -0.2) is 31.3 Å². The van der Waals surface area contributed by atoms with Gasteiger partial charge in [-0.15, -0.1) is 0 Å². The third kappa shape index (κ3) is 3.20. The van der Waals surface area contributed by atoms with Crippen molar-refractivity contribution in [3.8, 4) is 23.3 Å². The van der Waals surface area contributed by atoms with Crippen LogP contribution < -0.4 is 14.2 Å². The third-order valence-electron chi connectivity index (χ3n) is 4.05. The topological polar surface area (TPSA) is 80.2 Å². The lowest BCUT2D eigenvalue weighted by Gasteiger charge is -2.12. The number of nitrogens with one attached hydrogen (secondary N) is 1. The molecule has 0 spiro atoms. The van der Waals surface area contributed by atoms with Crippen LogP contribution in [0.3, 0.4) is 0 Å². The van der Waals surface area contributed by atoms with Crippen LogP contribution in [-0.2, 0) is 0 Å². The molecule has 1 heterocycles. The molecule has 3 aromatic rings. The van der Waals surface area contributed by atoms with Gasteiger partial charge < -0.3 is 19.2 Å². The van der Waals surface area contributed by atoms with Crippen LogP contribution >= 0.6 is 0 Å².